The van der Waals surface area contributed by atoms with Gasteiger partial charge in [-0.25, -0.2) is 4.79 Å². The molecule has 1 aromatic rings. The summed E-state index contributed by atoms with van der Waals surface area (Å²) in [6.45, 7) is 2.44. The molecule has 1 atom stereocenters. The first-order valence-corrected chi connectivity index (χ1v) is 6.79. The summed E-state index contributed by atoms with van der Waals surface area (Å²) in [4.78, 5) is 24.6. The average Bonchev–Trinajstić information content (AvgIpc) is 2.44. The molecule has 3 N–H and O–H groups in total. The van der Waals surface area contributed by atoms with Gasteiger partial charge in [0.05, 0.1) is 11.6 Å². The molecule has 0 aromatic heterocycles. The lowest BCUT2D eigenvalue weighted by atomic mass is 10.0. The van der Waals surface area contributed by atoms with Crippen molar-refractivity contribution in [3.8, 4) is 0 Å². The smallest absolute Gasteiger partial charge is 0.335 e. The molecule has 110 valence electrons. The van der Waals surface area contributed by atoms with E-state index in [0.717, 1.165) is 12.0 Å². The Hall–Kier alpha value is -1.88. The van der Waals surface area contributed by atoms with Crippen molar-refractivity contribution in [3.63, 3.8) is 0 Å². The van der Waals surface area contributed by atoms with E-state index < -0.39 is 12.0 Å². The van der Waals surface area contributed by atoms with Crippen molar-refractivity contribution in [3.05, 3.63) is 35.4 Å². The SMILES string of the molecule is CCCC(N)C(=O)N(C)CCc1ccccc1C(=O)O. The molecule has 1 amide bonds. The summed E-state index contributed by atoms with van der Waals surface area (Å²) in [6, 6.07) is 6.36. The predicted molar refractivity (Wildman–Crippen MR) is 77.6 cm³/mol. The minimum absolute atomic E-state index is 0.0975. The summed E-state index contributed by atoms with van der Waals surface area (Å²) in [6.07, 6.45) is 2.03. The second-order valence-electron chi connectivity index (χ2n) is 4.87. The summed E-state index contributed by atoms with van der Waals surface area (Å²) < 4.78 is 0. The van der Waals surface area contributed by atoms with Crippen molar-refractivity contribution in [1.29, 1.82) is 0 Å². The second kappa shape index (κ2) is 7.65. The van der Waals surface area contributed by atoms with Crippen LogP contribution >= 0.6 is 0 Å². The molecule has 0 heterocycles. The number of hydrogen-bond donors (Lipinski definition) is 2. The first kappa shape index (κ1) is 16.2. The van der Waals surface area contributed by atoms with Gasteiger partial charge in [0.15, 0.2) is 0 Å². The van der Waals surface area contributed by atoms with Gasteiger partial charge in [-0.05, 0) is 24.5 Å². The molecule has 0 saturated carbocycles. The Labute approximate surface area is 119 Å². The number of amides is 1. The van der Waals surface area contributed by atoms with Gasteiger partial charge in [0.1, 0.15) is 0 Å². The summed E-state index contributed by atoms with van der Waals surface area (Å²) in [7, 11) is 1.70. The monoisotopic (exact) mass is 278 g/mol. The third-order valence-corrected chi connectivity index (χ3v) is 3.26. The fourth-order valence-electron chi connectivity index (χ4n) is 2.06. The molecule has 1 rings (SSSR count). The number of nitrogens with zero attached hydrogens (tertiary/aromatic N) is 1. The molecule has 1 unspecified atom stereocenters. The molecular formula is C15H22N2O3. The van der Waals surface area contributed by atoms with Gasteiger partial charge in [-0.3, -0.25) is 4.79 Å². The zero-order chi connectivity index (χ0) is 15.1. The number of carboxylic acid groups (broad SMARTS) is 1. The number of likely N-dealkylation sites (N-methyl/N-ethyl adjacent to an activating group) is 1. The van der Waals surface area contributed by atoms with Crippen molar-refractivity contribution >= 4 is 11.9 Å². The first-order valence-electron chi connectivity index (χ1n) is 6.79. The number of aromatic carboxylic acids is 1. The Kier molecular flexibility index (Phi) is 6.18. The van der Waals surface area contributed by atoms with Crippen molar-refractivity contribution in [2.75, 3.05) is 13.6 Å². The third kappa shape index (κ3) is 4.35. The van der Waals surface area contributed by atoms with Gasteiger partial charge >= 0.3 is 5.97 Å². The Morgan fingerprint density at radius 3 is 2.60 bits per heavy atom. The van der Waals surface area contributed by atoms with Crippen LogP contribution in [0.3, 0.4) is 0 Å². The van der Waals surface area contributed by atoms with Gasteiger partial charge in [-0.2, -0.15) is 0 Å². The van der Waals surface area contributed by atoms with Crippen LogP contribution in [-0.4, -0.2) is 41.5 Å². The van der Waals surface area contributed by atoms with Gasteiger partial charge in [0.2, 0.25) is 5.91 Å². The standard InChI is InChI=1S/C15H22N2O3/c1-3-6-13(16)14(18)17(2)10-9-11-7-4-5-8-12(11)15(19)20/h4-5,7-8,13H,3,6,9-10,16H2,1-2H3,(H,19,20). The maximum Gasteiger partial charge on any atom is 0.335 e. The zero-order valence-corrected chi connectivity index (χ0v) is 12.0. The van der Waals surface area contributed by atoms with Crippen LogP contribution < -0.4 is 5.73 Å². The van der Waals surface area contributed by atoms with Gasteiger partial charge in [0, 0.05) is 13.6 Å². The van der Waals surface area contributed by atoms with E-state index in [-0.39, 0.29) is 11.5 Å². The third-order valence-electron chi connectivity index (χ3n) is 3.26. The normalized spacial score (nSPS) is 11.9. The van der Waals surface area contributed by atoms with Gasteiger partial charge in [0.25, 0.3) is 0 Å². The van der Waals surface area contributed by atoms with Crippen LogP contribution in [-0.2, 0) is 11.2 Å². The largest absolute Gasteiger partial charge is 0.478 e. The van der Waals surface area contributed by atoms with Crippen molar-refractivity contribution in [1.82, 2.24) is 4.90 Å². The maximum absolute atomic E-state index is 12.0. The number of nitrogens with two attached hydrogens (primary N) is 1. The van der Waals surface area contributed by atoms with Crippen LogP contribution in [0.25, 0.3) is 0 Å². The van der Waals surface area contributed by atoms with E-state index in [1.807, 2.05) is 6.92 Å². The zero-order valence-electron chi connectivity index (χ0n) is 12.0. The molecule has 0 aliphatic rings. The summed E-state index contributed by atoms with van der Waals surface area (Å²) in [5.41, 5.74) is 6.80. The highest BCUT2D eigenvalue weighted by atomic mass is 16.4. The summed E-state index contributed by atoms with van der Waals surface area (Å²) >= 11 is 0. The molecule has 20 heavy (non-hydrogen) atoms. The van der Waals surface area contributed by atoms with Crippen LogP contribution in [0.2, 0.25) is 0 Å². The Balaban J connectivity index is 2.63. The number of rotatable bonds is 7. The van der Waals surface area contributed by atoms with Gasteiger partial charge in [-0.15, -0.1) is 0 Å². The summed E-state index contributed by atoms with van der Waals surface area (Å²) in [5.74, 6) is -1.04. The topological polar surface area (TPSA) is 83.6 Å². The number of hydrogen-bond acceptors (Lipinski definition) is 3. The minimum atomic E-state index is -0.947. The molecule has 0 fully saturated rings. The van der Waals surface area contributed by atoms with E-state index in [9.17, 15) is 9.59 Å². The molecule has 0 bridgehead atoms. The number of carboxylic acids is 1. The molecule has 5 nitrogen and oxygen atoms in total. The van der Waals surface area contributed by atoms with Crippen LogP contribution in [0.1, 0.15) is 35.7 Å². The van der Waals surface area contributed by atoms with E-state index in [4.69, 9.17) is 10.8 Å². The highest BCUT2D eigenvalue weighted by Crippen LogP contribution is 2.10. The van der Waals surface area contributed by atoms with Crippen LogP contribution in [0.15, 0.2) is 24.3 Å². The Morgan fingerprint density at radius 2 is 2.00 bits per heavy atom. The molecule has 0 aliphatic carbocycles. The predicted octanol–water partition coefficient (Wildman–Crippen LogP) is 1.51. The fourth-order valence-corrected chi connectivity index (χ4v) is 2.06. The van der Waals surface area contributed by atoms with Crippen molar-refractivity contribution < 1.29 is 14.7 Å². The van der Waals surface area contributed by atoms with Gasteiger partial charge in [-0.1, -0.05) is 31.5 Å². The van der Waals surface area contributed by atoms with E-state index in [2.05, 4.69) is 0 Å². The molecule has 0 radical (unpaired) electrons. The highest BCUT2D eigenvalue weighted by Gasteiger charge is 2.17. The van der Waals surface area contributed by atoms with E-state index in [1.54, 1.807) is 36.2 Å². The van der Waals surface area contributed by atoms with E-state index >= 15 is 0 Å². The van der Waals surface area contributed by atoms with Crippen LogP contribution in [0.5, 0.6) is 0 Å². The number of carbonyl (C=O) groups is 2. The maximum atomic E-state index is 12.0. The Bertz CT molecular complexity index is 474. The quantitative estimate of drug-likeness (QED) is 0.792. The fraction of sp³-hybridized carbons (Fsp3) is 0.467. The average molecular weight is 278 g/mol. The number of benzene rings is 1. The summed E-state index contributed by atoms with van der Waals surface area (Å²) in [5, 5.41) is 9.10. The molecule has 5 heteroatoms. The molecular weight excluding hydrogens is 256 g/mol. The van der Waals surface area contributed by atoms with E-state index in [1.165, 1.54) is 0 Å². The number of carbonyl (C=O) groups excluding carboxylic acids is 1. The molecule has 1 aromatic carbocycles. The lowest BCUT2D eigenvalue weighted by Crippen LogP contribution is -2.42. The molecule has 0 aliphatic heterocycles. The second-order valence-corrected chi connectivity index (χ2v) is 4.87. The first-order chi connectivity index (χ1) is 9.47. The lowest BCUT2D eigenvalue weighted by molar-refractivity contribution is -0.131. The highest BCUT2D eigenvalue weighted by molar-refractivity contribution is 5.89. The molecule has 0 spiro atoms. The minimum Gasteiger partial charge on any atom is -0.478 e. The van der Waals surface area contributed by atoms with E-state index in [0.29, 0.717) is 19.4 Å². The lowest BCUT2D eigenvalue weighted by Gasteiger charge is -2.21. The molecule has 0 saturated heterocycles. The Morgan fingerprint density at radius 1 is 1.35 bits per heavy atom. The van der Waals surface area contributed by atoms with Crippen molar-refractivity contribution in [2.24, 2.45) is 5.73 Å². The van der Waals surface area contributed by atoms with Crippen LogP contribution in [0.4, 0.5) is 0 Å². The van der Waals surface area contributed by atoms with Crippen LogP contribution in [0, 0.1) is 0 Å². The van der Waals surface area contributed by atoms with Gasteiger partial charge < -0.3 is 15.7 Å². The van der Waals surface area contributed by atoms with Crippen molar-refractivity contribution in [2.45, 2.75) is 32.2 Å².